The fourth-order valence-electron chi connectivity index (χ4n) is 2.11. The van der Waals surface area contributed by atoms with Gasteiger partial charge in [0, 0.05) is 22.2 Å². The van der Waals surface area contributed by atoms with E-state index in [0.717, 1.165) is 22.2 Å². The minimum absolute atomic E-state index is 0.0387. The molecular formula is C14H11BrO4S. The Morgan fingerprint density at radius 2 is 2.25 bits per heavy atom. The van der Waals surface area contributed by atoms with Gasteiger partial charge in [0.15, 0.2) is 5.09 Å². The van der Waals surface area contributed by atoms with E-state index in [0.29, 0.717) is 17.5 Å². The fraction of sp³-hybridized carbons (Fsp3) is 0.214. The monoisotopic (exact) mass is 354 g/mol. The molecule has 20 heavy (non-hydrogen) atoms. The molecule has 1 aromatic carbocycles. The molecule has 6 heteroatoms. The van der Waals surface area contributed by atoms with Crippen LogP contribution < -0.4 is 4.74 Å². The summed E-state index contributed by atoms with van der Waals surface area (Å²) in [6, 6.07) is 7.24. The Balaban J connectivity index is 1.76. The Morgan fingerprint density at radius 1 is 1.40 bits per heavy atom. The first kappa shape index (κ1) is 13.6. The van der Waals surface area contributed by atoms with Crippen LogP contribution in [-0.2, 0) is 12.2 Å². The van der Waals surface area contributed by atoms with Crippen LogP contribution in [0.25, 0.3) is 0 Å². The number of benzene rings is 1. The smallest absolute Gasteiger partial charge is 0.371 e. The highest BCUT2D eigenvalue weighted by molar-refractivity contribution is 9.10. The lowest BCUT2D eigenvalue weighted by Gasteiger charge is -2.08. The summed E-state index contributed by atoms with van der Waals surface area (Å²) >= 11 is 4.95. The Hall–Kier alpha value is -1.40. The van der Waals surface area contributed by atoms with Crippen LogP contribution in [0.5, 0.6) is 5.75 Å². The first-order valence-corrected chi connectivity index (χ1v) is 7.81. The Kier molecular flexibility index (Phi) is 3.76. The van der Waals surface area contributed by atoms with Gasteiger partial charge in [-0.05, 0) is 29.8 Å². The fourth-order valence-corrected chi connectivity index (χ4v) is 3.49. The summed E-state index contributed by atoms with van der Waals surface area (Å²) in [5, 5.41) is 9.41. The molecule has 0 spiro atoms. The van der Waals surface area contributed by atoms with Crippen LogP contribution in [0.4, 0.5) is 0 Å². The largest absolute Gasteiger partial charge is 0.493 e. The first-order chi connectivity index (χ1) is 9.63. The molecule has 0 saturated carbocycles. The number of furan rings is 1. The average molecular weight is 355 g/mol. The molecule has 0 saturated heterocycles. The van der Waals surface area contributed by atoms with Gasteiger partial charge in [-0.15, -0.1) is 0 Å². The van der Waals surface area contributed by atoms with E-state index >= 15 is 0 Å². The summed E-state index contributed by atoms with van der Waals surface area (Å²) in [5.41, 5.74) is 2.30. The zero-order valence-corrected chi connectivity index (χ0v) is 12.8. The quantitative estimate of drug-likeness (QED) is 0.841. The molecule has 0 amide bonds. The summed E-state index contributed by atoms with van der Waals surface area (Å²) in [4.78, 5) is 10.8. The summed E-state index contributed by atoms with van der Waals surface area (Å²) < 4.78 is 11.9. The normalized spacial score (nSPS) is 13.1. The van der Waals surface area contributed by atoms with Crippen LogP contribution in [0, 0.1) is 0 Å². The standard InChI is InChI=1S/C14H11BrO4S/c15-10-5-8-3-4-18-13(8)9(6-10)7-20-12-2-1-11(19-12)14(16)17/h1-2,5-6H,3-4,7H2,(H,16,17). The summed E-state index contributed by atoms with van der Waals surface area (Å²) in [5.74, 6) is 0.534. The van der Waals surface area contributed by atoms with Gasteiger partial charge in [0.1, 0.15) is 5.75 Å². The molecule has 2 heterocycles. The lowest BCUT2D eigenvalue weighted by molar-refractivity contribution is 0.0656. The van der Waals surface area contributed by atoms with E-state index in [-0.39, 0.29) is 5.76 Å². The molecule has 0 radical (unpaired) electrons. The molecule has 1 aromatic heterocycles. The van der Waals surface area contributed by atoms with Crippen molar-refractivity contribution in [2.75, 3.05) is 6.61 Å². The van der Waals surface area contributed by atoms with Crippen molar-refractivity contribution in [2.45, 2.75) is 17.3 Å². The van der Waals surface area contributed by atoms with Gasteiger partial charge in [0.05, 0.1) is 6.61 Å². The number of hydrogen-bond acceptors (Lipinski definition) is 4. The number of fused-ring (bicyclic) bond motifs is 1. The maximum atomic E-state index is 10.8. The topological polar surface area (TPSA) is 59.7 Å². The molecule has 0 fully saturated rings. The first-order valence-electron chi connectivity index (χ1n) is 6.03. The highest BCUT2D eigenvalue weighted by Crippen LogP contribution is 2.36. The number of hydrogen-bond donors (Lipinski definition) is 1. The van der Waals surface area contributed by atoms with E-state index in [1.165, 1.54) is 23.4 Å². The number of carbonyl (C=O) groups is 1. The molecule has 1 aliphatic heterocycles. The molecule has 0 aliphatic carbocycles. The molecule has 2 aromatic rings. The third-order valence-electron chi connectivity index (χ3n) is 2.99. The molecule has 104 valence electrons. The Morgan fingerprint density at radius 3 is 3.00 bits per heavy atom. The maximum Gasteiger partial charge on any atom is 0.371 e. The van der Waals surface area contributed by atoms with E-state index in [9.17, 15) is 4.79 Å². The molecule has 4 nitrogen and oxygen atoms in total. The van der Waals surface area contributed by atoms with Crippen LogP contribution in [0.3, 0.4) is 0 Å². The number of halogens is 1. The van der Waals surface area contributed by atoms with Gasteiger partial charge in [-0.3, -0.25) is 0 Å². The second kappa shape index (κ2) is 5.54. The molecular weight excluding hydrogens is 344 g/mol. The van der Waals surface area contributed by atoms with Gasteiger partial charge in [-0.25, -0.2) is 4.79 Å². The SMILES string of the molecule is O=C(O)c1ccc(SCc2cc(Br)cc3c2OCC3)o1. The molecule has 0 bridgehead atoms. The van der Waals surface area contributed by atoms with Crippen LogP contribution in [0.15, 0.2) is 38.2 Å². The Bertz CT molecular complexity index is 665. The Labute approximate surface area is 128 Å². The van der Waals surface area contributed by atoms with Crippen molar-refractivity contribution in [2.24, 2.45) is 0 Å². The van der Waals surface area contributed by atoms with Gasteiger partial charge in [-0.1, -0.05) is 27.7 Å². The van der Waals surface area contributed by atoms with Crippen LogP contribution in [-0.4, -0.2) is 17.7 Å². The van der Waals surface area contributed by atoms with Crippen LogP contribution >= 0.6 is 27.7 Å². The number of thioether (sulfide) groups is 1. The summed E-state index contributed by atoms with van der Waals surface area (Å²) in [6.45, 7) is 0.716. The van der Waals surface area contributed by atoms with E-state index < -0.39 is 5.97 Å². The summed E-state index contributed by atoms with van der Waals surface area (Å²) in [7, 11) is 0. The van der Waals surface area contributed by atoms with Crippen molar-refractivity contribution in [3.05, 3.63) is 45.6 Å². The van der Waals surface area contributed by atoms with E-state index in [1.54, 1.807) is 6.07 Å². The predicted octanol–water partition coefficient (Wildman–Crippen LogP) is 3.97. The third-order valence-corrected chi connectivity index (χ3v) is 4.40. The second-order valence-corrected chi connectivity index (χ2v) is 6.26. The second-order valence-electron chi connectivity index (χ2n) is 4.36. The van der Waals surface area contributed by atoms with E-state index in [2.05, 4.69) is 22.0 Å². The van der Waals surface area contributed by atoms with Crippen molar-refractivity contribution in [3.63, 3.8) is 0 Å². The minimum Gasteiger partial charge on any atom is -0.493 e. The predicted molar refractivity (Wildman–Crippen MR) is 78.6 cm³/mol. The van der Waals surface area contributed by atoms with Crippen molar-refractivity contribution in [1.82, 2.24) is 0 Å². The van der Waals surface area contributed by atoms with Gasteiger partial charge in [0.25, 0.3) is 0 Å². The average Bonchev–Trinajstić information content (AvgIpc) is 3.04. The molecule has 0 unspecified atom stereocenters. The lowest BCUT2D eigenvalue weighted by Crippen LogP contribution is -1.92. The molecule has 1 N–H and O–H groups in total. The van der Waals surface area contributed by atoms with Gasteiger partial charge >= 0.3 is 5.97 Å². The number of ether oxygens (including phenoxy) is 1. The number of carboxylic acids is 1. The van der Waals surface area contributed by atoms with Gasteiger partial charge in [-0.2, -0.15) is 0 Å². The highest BCUT2D eigenvalue weighted by atomic mass is 79.9. The minimum atomic E-state index is -1.05. The zero-order valence-electron chi connectivity index (χ0n) is 10.4. The van der Waals surface area contributed by atoms with Crippen LogP contribution in [0.2, 0.25) is 0 Å². The number of rotatable bonds is 4. The van der Waals surface area contributed by atoms with Crippen molar-refractivity contribution >= 4 is 33.7 Å². The van der Waals surface area contributed by atoms with Crippen molar-refractivity contribution in [3.8, 4) is 5.75 Å². The molecule has 0 atom stereocenters. The van der Waals surface area contributed by atoms with E-state index in [4.69, 9.17) is 14.3 Å². The molecule has 3 rings (SSSR count). The number of carboxylic acid groups (broad SMARTS) is 1. The maximum absolute atomic E-state index is 10.8. The highest BCUT2D eigenvalue weighted by Gasteiger charge is 2.18. The lowest BCUT2D eigenvalue weighted by atomic mass is 10.1. The van der Waals surface area contributed by atoms with Crippen molar-refractivity contribution < 1.29 is 19.1 Å². The number of aromatic carboxylic acids is 1. The van der Waals surface area contributed by atoms with Crippen molar-refractivity contribution in [1.29, 1.82) is 0 Å². The van der Waals surface area contributed by atoms with Gasteiger partial charge in [0.2, 0.25) is 5.76 Å². The molecule has 1 aliphatic rings. The zero-order chi connectivity index (χ0) is 14.1. The van der Waals surface area contributed by atoms with Gasteiger partial charge < -0.3 is 14.3 Å². The summed E-state index contributed by atoms with van der Waals surface area (Å²) in [6.07, 6.45) is 0.927. The van der Waals surface area contributed by atoms with Crippen LogP contribution in [0.1, 0.15) is 21.7 Å². The van der Waals surface area contributed by atoms with E-state index in [1.807, 2.05) is 6.07 Å². The third kappa shape index (κ3) is 2.71.